The van der Waals surface area contributed by atoms with Gasteiger partial charge in [-0.25, -0.2) is 0 Å². The van der Waals surface area contributed by atoms with Crippen LogP contribution in [0.3, 0.4) is 0 Å². The molecule has 2 aliphatic carbocycles. The highest BCUT2D eigenvalue weighted by Crippen LogP contribution is 2.45. The molecule has 0 heteroatoms. The molecule has 0 aromatic carbocycles. The van der Waals surface area contributed by atoms with E-state index in [1.807, 2.05) is 13.8 Å². The fourth-order valence-electron chi connectivity index (χ4n) is 5.09. The predicted octanol–water partition coefficient (Wildman–Crippen LogP) is 8.25. The predicted molar refractivity (Wildman–Crippen MR) is 106 cm³/mol. The average molecular weight is 323 g/mol. The molecule has 2 fully saturated rings. The maximum absolute atomic E-state index is 2.44. The monoisotopic (exact) mass is 322 g/mol. The topological polar surface area (TPSA) is 0 Å². The van der Waals surface area contributed by atoms with Crippen molar-refractivity contribution >= 4 is 0 Å². The average Bonchev–Trinajstić information content (AvgIpc) is 2.57. The van der Waals surface area contributed by atoms with E-state index in [1.165, 1.54) is 51.4 Å². The maximum Gasteiger partial charge on any atom is -0.0354 e. The number of hydrogen-bond acceptors (Lipinski definition) is 0. The summed E-state index contributed by atoms with van der Waals surface area (Å²) in [6, 6.07) is 0. The molecule has 0 aromatic heterocycles. The van der Waals surface area contributed by atoms with Gasteiger partial charge >= 0.3 is 0 Å². The molecule has 2 aliphatic rings. The van der Waals surface area contributed by atoms with E-state index in [-0.39, 0.29) is 0 Å². The van der Waals surface area contributed by atoms with Crippen molar-refractivity contribution in [1.29, 1.82) is 0 Å². The first-order chi connectivity index (χ1) is 11.0. The molecule has 138 valence electrons. The number of hydrogen-bond donors (Lipinski definition) is 0. The molecular formula is C23H46. The van der Waals surface area contributed by atoms with Crippen LogP contribution in [0.2, 0.25) is 0 Å². The Morgan fingerprint density at radius 1 is 0.696 bits per heavy atom. The molecule has 0 aliphatic heterocycles. The van der Waals surface area contributed by atoms with Crippen LogP contribution in [0.1, 0.15) is 119 Å². The van der Waals surface area contributed by atoms with Crippen molar-refractivity contribution in [3.63, 3.8) is 0 Å². The zero-order valence-electron chi connectivity index (χ0n) is 17.3. The Balaban J connectivity index is 0.00000127. The Labute approximate surface area is 148 Å². The third kappa shape index (κ3) is 7.18. The SMILES string of the molecule is CC.CCCCCC1CCC(C2CCC(C(C)(C)C)CC2)CC1. The van der Waals surface area contributed by atoms with Gasteiger partial charge in [-0.3, -0.25) is 0 Å². The third-order valence-electron chi connectivity index (χ3n) is 6.77. The lowest BCUT2D eigenvalue weighted by Crippen LogP contribution is -2.30. The fraction of sp³-hybridized carbons (Fsp3) is 1.00. The van der Waals surface area contributed by atoms with Crippen LogP contribution in [-0.4, -0.2) is 0 Å². The molecule has 0 aromatic rings. The Kier molecular flexibility index (Phi) is 9.86. The van der Waals surface area contributed by atoms with Crippen molar-refractivity contribution in [3.8, 4) is 0 Å². The van der Waals surface area contributed by atoms with Gasteiger partial charge in [0, 0.05) is 0 Å². The highest BCUT2D eigenvalue weighted by molar-refractivity contribution is 4.85. The fourth-order valence-corrected chi connectivity index (χ4v) is 5.09. The normalized spacial score (nSPS) is 32.1. The Bertz CT molecular complexity index is 269. The van der Waals surface area contributed by atoms with Crippen LogP contribution in [0.25, 0.3) is 0 Å². The second-order valence-electron chi connectivity index (χ2n) is 9.25. The summed E-state index contributed by atoms with van der Waals surface area (Å²) >= 11 is 0. The van der Waals surface area contributed by atoms with Gasteiger partial charge in [-0.1, -0.05) is 80.1 Å². The zero-order valence-corrected chi connectivity index (χ0v) is 17.3. The minimum atomic E-state index is 0.544. The van der Waals surface area contributed by atoms with Crippen LogP contribution >= 0.6 is 0 Å². The lowest BCUT2D eigenvalue weighted by atomic mass is 9.64. The molecule has 0 bridgehead atoms. The first kappa shape index (κ1) is 21.0. The quantitative estimate of drug-likeness (QED) is 0.447. The van der Waals surface area contributed by atoms with E-state index in [0.717, 1.165) is 23.7 Å². The molecule has 0 amide bonds. The van der Waals surface area contributed by atoms with Crippen LogP contribution in [0.5, 0.6) is 0 Å². The Morgan fingerprint density at radius 3 is 1.61 bits per heavy atom. The molecular weight excluding hydrogens is 276 g/mol. The summed E-state index contributed by atoms with van der Waals surface area (Å²) in [7, 11) is 0. The summed E-state index contributed by atoms with van der Waals surface area (Å²) < 4.78 is 0. The highest BCUT2D eigenvalue weighted by Gasteiger charge is 2.34. The van der Waals surface area contributed by atoms with E-state index in [2.05, 4.69) is 27.7 Å². The summed E-state index contributed by atoms with van der Waals surface area (Å²) in [5.41, 5.74) is 0.544. The zero-order chi connectivity index (χ0) is 17.3. The van der Waals surface area contributed by atoms with Gasteiger partial charge in [0.05, 0.1) is 0 Å². The Morgan fingerprint density at radius 2 is 1.17 bits per heavy atom. The summed E-state index contributed by atoms with van der Waals surface area (Å²) in [6.45, 7) is 13.7. The molecule has 0 heterocycles. The van der Waals surface area contributed by atoms with Gasteiger partial charge in [0.25, 0.3) is 0 Å². The Hall–Kier alpha value is 0. The van der Waals surface area contributed by atoms with Crippen molar-refractivity contribution in [2.24, 2.45) is 29.1 Å². The van der Waals surface area contributed by atoms with E-state index in [0.29, 0.717) is 5.41 Å². The smallest absolute Gasteiger partial charge is 0.0354 e. The van der Waals surface area contributed by atoms with Crippen LogP contribution in [-0.2, 0) is 0 Å². The van der Waals surface area contributed by atoms with E-state index >= 15 is 0 Å². The van der Waals surface area contributed by atoms with Gasteiger partial charge in [-0.15, -0.1) is 0 Å². The second kappa shape index (κ2) is 10.8. The summed E-state index contributed by atoms with van der Waals surface area (Å²) in [5.74, 6) is 4.24. The van der Waals surface area contributed by atoms with Gasteiger partial charge in [-0.05, 0) is 67.6 Å². The van der Waals surface area contributed by atoms with Gasteiger partial charge in [-0.2, -0.15) is 0 Å². The molecule has 0 unspecified atom stereocenters. The van der Waals surface area contributed by atoms with Gasteiger partial charge < -0.3 is 0 Å². The largest absolute Gasteiger partial charge is 0.0683 e. The van der Waals surface area contributed by atoms with Crippen molar-refractivity contribution < 1.29 is 0 Å². The summed E-state index contributed by atoms with van der Waals surface area (Å²) in [4.78, 5) is 0. The van der Waals surface area contributed by atoms with Crippen LogP contribution in [0, 0.1) is 29.1 Å². The second-order valence-corrected chi connectivity index (χ2v) is 9.25. The van der Waals surface area contributed by atoms with E-state index in [4.69, 9.17) is 0 Å². The number of rotatable bonds is 5. The van der Waals surface area contributed by atoms with Crippen molar-refractivity contribution in [2.45, 2.75) is 119 Å². The molecule has 0 nitrogen and oxygen atoms in total. The van der Waals surface area contributed by atoms with E-state index in [9.17, 15) is 0 Å². The highest BCUT2D eigenvalue weighted by atomic mass is 14.4. The van der Waals surface area contributed by atoms with Crippen LogP contribution < -0.4 is 0 Å². The van der Waals surface area contributed by atoms with E-state index in [1.54, 1.807) is 25.7 Å². The lowest BCUT2D eigenvalue weighted by Gasteiger charge is -2.41. The standard InChI is InChI=1S/C21H40.C2H6/c1-5-6-7-8-17-9-11-18(12-10-17)19-13-15-20(16-14-19)21(2,3)4;1-2/h17-20H,5-16H2,1-4H3;1-2H3. The van der Waals surface area contributed by atoms with Crippen LogP contribution in [0.15, 0.2) is 0 Å². The molecule has 0 radical (unpaired) electrons. The molecule has 0 saturated heterocycles. The van der Waals surface area contributed by atoms with E-state index < -0.39 is 0 Å². The molecule has 2 rings (SSSR count). The minimum absolute atomic E-state index is 0.544. The van der Waals surface area contributed by atoms with Gasteiger partial charge in [0.15, 0.2) is 0 Å². The van der Waals surface area contributed by atoms with Gasteiger partial charge in [0.2, 0.25) is 0 Å². The molecule has 2 saturated carbocycles. The lowest BCUT2D eigenvalue weighted by molar-refractivity contribution is 0.0997. The minimum Gasteiger partial charge on any atom is -0.0683 e. The van der Waals surface area contributed by atoms with Crippen molar-refractivity contribution in [3.05, 3.63) is 0 Å². The van der Waals surface area contributed by atoms with Crippen molar-refractivity contribution in [2.75, 3.05) is 0 Å². The third-order valence-corrected chi connectivity index (χ3v) is 6.77. The van der Waals surface area contributed by atoms with Crippen molar-refractivity contribution in [1.82, 2.24) is 0 Å². The molecule has 0 N–H and O–H groups in total. The molecule has 0 spiro atoms. The summed E-state index contributed by atoms with van der Waals surface area (Å²) in [6.07, 6.45) is 18.1. The first-order valence-corrected chi connectivity index (χ1v) is 11.0. The molecule has 0 atom stereocenters. The number of unbranched alkanes of at least 4 members (excludes halogenated alkanes) is 2. The van der Waals surface area contributed by atoms with Gasteiger partial charge in [0.1, 0.15) is 0 Å². The van der Waals surface area contributed by atoms with Crippen LogP contribution in [0.4, 0.5) is 0 Å². The summed E-state index contributed by atoms with van der Waals surface area (Å²) in [5, 5.41) is 0. The maximum atomic E-state index is 2.44. The molecule has 23 heavy (non-hydrogen) atoms. The first-order valence-electron chi connectivity index (χ1n) is 11.0.